The van der Waals surface area contributed by atoms with Gasteiger partial charge >= 0.3 is 0 Å². The van der Waals surface area contributed by atoms with Gasteiger partial charge in [0.05, 0.1) is 0 Å². The van der Waals surface area contributed by atoms with Gasteiger partial charge in [-0.3, -0.25) is 25.1 Å². The molecular weight excluding hydrogens is 222 g/mol. The summed E-state index contributed by atoms with van der Waals surface area (Å²) in [7, 11) is 0. The van der Waals surface area contributed by atoms with Crippen molar-refractivity contribution in [1.29, 1.82) is 0 Å². The van der Waals surface area contributed by atoms with Crippen molar-refractivity contribution in [3.8, 4) is 0 Å². The lowest BCUT2D eigenvalue weighted by Gasteiger charge is -1.91. The predicted molar refractivity (Wildman–Crippen MR) is 56.8 cm³/mol. The van der Waals surface area contributed by atoms with Crippen molar-refractivity contribution in [2.75, 3.05) is 0 Å². The molecule has 4 N–H and O–H groups in total. The van der Waals surface area contributed by atoms with Gasteiger partial charge in [0, 0.05) is 18.6 Å². The Hall–Kier alpha value is -1.40. The van der Waals surface area contributed by atoms with Crippen LogP contribution in [-0.4, -0.2) is 17.7 Å². The summed E-state index contributed by atoms with van der Waals surface area (Å²) in [5.41, 5.74) is 2.03. The molecule has 15 heavy (non-hydrogen) atoms. The topological polar surface area (TPSA) is 101 Å². The van der Waals surface area contributed by atoms with Crippen LogP contribution in [0.4, 0.5) is 0 Å². The first kappa shape index (κ1) is 16.0. The zero-order valence-corrected chi connectivity index (χ0v) is 9.10. The van der Waals surface area contributed by atoms with E-state index in [1.807, 2.05) is 17.7 Å². The molecule has 7 heteroatoms. The molecule has 0 aromatic rings. The highest BCUT2D eigenvalue weighted by atomic mass is 35.5. The van der Waals surface area contributed by atoms with Crippen LogP contribution in [0.3, 0.4) is 0 Å². The molecular formula is C8H14ClN3O3. The Kier molecular flexibility index (Phi) is 9.81. The number of hydrogen-bond donors (Lipinski definition) is 3. The second-order valence-corrected chi connectivity index (χ2v) is 2.50. The fourth-order valence-corrected chi connectivity index (χ4v) is 0.655. The average Bonchev–Trinajstić information content (AvgIpc) is 2.51. The Morgan fingerprint density at radius 1 is 1.40 bits per heavy atom. The van der Waals surface area contributed by atoms with Gasteiger partial charge in [0.15, 0.2) is 0 Å². The smallest absolute Gasteiger partial charge is 0.250 e. The highest BCUT2D eigenvalue weighted by molar-refractivity contribution is 6.12. The summed E-state index contributed by atoms with van der Waals surface area (Å²) in [5.74, 6) is 4.01. The first-order valence-electron chi connectivity index (χ1n) is 4.12. The number of amides is 3. The molecule has 1 rings (SSSR count). The lowest BCUT2D eigenvalue weighted by atomic mass is 10.3. The van der Waals surface area contributed by atoms with Crippen molar-refractivity contribution in [2.24, 2.45) is 5.84 Å². The molecule has 0 spiro atoms. The normalized spacial score (nSPS) is 12.1. The molecule has 1 aliphatic heterocycles. The summed E-state index contributed by atoms with van der Waals surface area (Å²) in [4.78, 5) is 30.2. The minimum Gasteiger partial charge on any atom is -0.294 e. The van der Waals surface area contributed by atoms with E-state index in [4.69, 9.17) is 5.84 Å². The van der Waals surface area contributed by atoms with Gasteiger partial charge in [-0.25, -0.2) is 5.84 Å². The van der Waals surface area contributed by atoms with E-state index in [0.717, 1.165) is 6.42 Å². The van der Waals surface area contributed by atoms with Crippen LogP contribution in [0.1, 0.15) is 19.8 Å². The third-order valence-electron chi connectivity index (χ3n) is 1.27. The van der Waals surface area contributed by atoms with Gasteiger partial charge in [-0.2, -0.15) is 0 Å². The van der Waals surface area contributed by atoms with E-state index >= 15 is 0 Å². The molecule has 0 atom stereocenters. The number of hydrazine groups is 1. The van der Waals surface area contributed by atoms with Crippen LogP contribution in [0.5, 0.6) is 0 Å². The number of halogens is 1. The Morgan fingerprint density at radius 3 is 2.00 bits per heavy atom. The van der Waals surface area contributed by atoms with E-state index in [2.05, 4.69) is 0 Å². The number of nitrogens with two attached hydrogens (primary N) is 1. The van der Waals surface area contributed by atoms with Gasteiger partial charge < -0.3 is 0 Å². The fourth-order valence-electron chi connectivity index (χ4n) is 0.655. The standard InChI is InChI=1S/C4H10N2O.C4H3NO2.ClH/c1-2-3-4(7)6-5;6-3-1-2-4(7)5-3;/h2-3,5H2,1H3,(H,6,7);1-2H,(H,5,6,7);1H. The van der Waals surface area contributed by atoms with Crippen LogP contribution < -0.4 is 16.6 Å². The van der Waals surface area contributed by atoms with Gasteiger partial charge in [0.2, 0.25) is 5.91 Å². The lowest BCUT2D eigenvalue weighted by molar-refractivity contribution is -0.123. The average molecular weight is 236 g/mol. The monoisotopic (exact) mass is 235 g/mol. The molecule has 0 aliphatic carbocycles. The first-order chi connectivity index (χ1) is 6.60. The summed E-state index contributed by atoms with van der Waals surface area (Å²) in [6.07, 6.45) is 3.77. The highest BCUT2D eigenvalue weighted by Gasteiger charge is 2.06. The molecule has 1 aliphatic rings. The summed E-state index contributed by atoms with van der Waals surface area (Å²) in [5, 5.41) is 2.03. The van der Waals surface area contributed by atoms with Crippen molar-refractivity contribution in [1.82, 2.24) is 10.7 Å². The molecule has 6 nitrogen and oxygen atoms in total. The Morgan fingerprint density at radius 2 is 1.87 bits per heavy atom. The SMILES string of the molecule is CCCC(=O)NN.Cl.O=C1C=CC(=O)N1. The molecule has 0 saturated heterocycles. The van der Waals surface area contributed by atoms with Crippen molar-refractivity contribution in [3.05, 3.63) is 12.2 Å². The number of rotatable bonds is 2. The minimum absolute atomic E-state index is 0. The molecule has 0 bridgehead atoms. The van der Waals surface area contributed by atoms with Crippen LogP contribution in [0.15, 0.2) is 12.2 Å². The van der Waals surface area contributed by atoms with Gasteiger partial charge in [-0.15, -0.1) is 12.4 Å². The number of imide groups is 1. The van der Waals surface area contributed by atoms with Crippen molar-refractivity contribution < 1.29 is 14.4 Å². The molecule has 0 unspecified atom stereocenters. The van der Waals surface area contributed by atoms with Gasteiger partial charge in [-0.1, -0.05) is 6.92 Å². The van der Waals surface area contributed by atoms with Gasteiger partial charge in [0.1, 0.15) is 0 Å². The zero-order chi connectivity index (χ0) is 11.0. The predicted octanol–water partition coefficient (Wildman–Crippen LogP) is -0.603. The maximum Gasteiger partial charge on any atom is 0.250 e. The van der Waals surface area contributed by atoms with Gasteiger partial charge in [0.25, 0.3) is 11.8 Å². The highest BCUT2D eigenvalue weighted by Crippen LogP contribution is 1.82. The number of hydrogen-bond acceptors (Lipinski definition) is 4. The van der Waals surface area contributed by atoms with E-state index in [1.165, 1.54) is 12.2 Å². The maximum absolute atomic E-state index is 10.2. The molecule has 1 heterocycles. The van der Waals surface area contributed by atoms with Crippen LogP contribution in [0.25, 0.3) is 0 Å². The van der Waals surface area contributed by atoms with Crippen LogP contribution in [-0.2, 0) is 14.4 Å². The number of carbonyl (C=O) groups excluding carboxylic acids is 3. The summed E-state index contributed by atoms with van der Waals surface area (Å²) in [6, 6.07) is 0. The number of carbonyl (C=O) groups is 3. The molecule has 0 saturated carbocycles. The van der Waals surface area contributed by atoms with E-state index in [0.29, 0.717) is 6.42 Å². The van der Waals surface area contributed by atoms with Crippen LogP contribution in [0.2, 0.25) is 0 Å². The fraction of sp³-hybridized carbons (Fsp3) is 0.375. The lowest BCUT2D eigenvalue weighted by Crippen LogP contribution is -2.29. The third kappa shape index (κ3) is 8.92. The minimum atomic E-state index is -0.329. The zero-order valence-electron chi connectivity index (χ0n) is 8.28. The van der Waals surface area contributed by atoms with Crippen molar-refractivity contribution in [3.63, 3.8) is 0 Å². The van der Waals surface area contributed by atoms with E-state index in [1.54, 1.807) is 0 Å². The molecule has 3 amide bonds. The maximum atomic E-state index is 10.2. The second-order valence-electron chi connectivity index (χ2n) is 2.50. The number of nitrogens with one attached hydrogen (secondary N) is 2. The summed E-state index contributed by atoms with van der Waals surface area (Å²) >= 11 is 0. The van der Waals surface area contributed by atoms with Gasteiger partial charge in [-0.05, 0) is 6.42 Å². The Balaban J connectivity index is 0. The van der Waals surface area contributed by atoms with E-state index < -0.39 is 0 Å². The summed E-state index contributed by atoms with van der Waals surface area (Å²) in [6.45, 7) is 1.93. The first-order valence-corrected chi connectivity index (χ1v) is 4.12. The molecule has 0 aromatic carbocycles. The van der Waals surface area contributed by atoms with Crippen LogP contribution in [0, 0.1) is 0 Å². The van der Waals surface area contributed by atoms with Crippen molar-refractivity contribution in [2.45, 2.75) is 19.8 Å². The Bertz CT molecular complexity index is 250. The van der Waals surface area contributed by atoms with Crippen LogP contribution >= 0.6 is 12.4 Å². The molecule has 0 fully saturated rings. The largest absolute Gasteiger partial charge is 0.294 e. The second kappa shape index (κ2) is 9.17. The molecule has 0 aromatic heterocycles. The van der Waals surface area contributed by atoms with E-state index in [9.17, 15) is 14.4 Å². The van der Waals surface area contributed by atoms with Crippen molar-refractivity contribution >= 4 is 30.1 Å². The molecule has 0 radical (unpaired) electrons. The third-order valence-corrected chi connectivity index (χ3v) is 1.27. The molecule has 86 valence electrons. The quantitative estimate of drug-likeness (QED) is 0.257. The summed E-state index contributed by atoms with van der Waals surface area (Å²) < 4.78 is 0. The van der Waals surface area contributed by atoms with E-state index in [-0.39, 0.29) is 30.1 Å². The Labute approximate surface area is 93.7 Å².